The van der Waals surface area contributed by atoms with Crippen molar-refractivity contribution >= 4 is 29.4 Å². The normalized spacial score (nSPS) is 17.9. The Bertz CT molecular complexity index is 479. The Labute approximate surface area is 123 Å². The molecule has 7 nitrogen and oxygen atoms in total. The zero-order valence-electron chi connectivity index (χ0n) is 11.7. The Morgan fingerprint density at radius 3 is 2.70 bits per heavy atom. The minimum Gasteiger partial charge on any atom is -0.352 e. The first kappa shape index (κ1) is 14.8. The predicted molar refractivity (Wildman–Crippen MR) is 78.1 cm³/mol. The average molecular weight is 299 g/mol. The molecule has 110 valence electrons. The Balaban J connectivity index is 2.02. The number of nitrogens with zero attached hydrogens (tertiary/aromatic N) is 4. The maximum Gasteiger partial charge on any atom is 0.231 e. The van der Waals surface area contributed by atoms with Crippen molar-refractivity contribution < 1.29 is 4.79 Å². The zero-order valence-corrected chi connectivity index (χ0v) is 12.4. The van der Waals surface area contributed by atoms with Crippen molar-refractivity contribution in [1.82, 2.24) is 20.3 Å². The molecule has 1 saturated heterocycles. The molecular formula is C12H19ClN6O. The molecule has 0 aromatic carbocycles. The van der Waals surface area contributed by atoms with Crippen LogP contribution in [0.1, 0.15) is 26.7 Å². The summed E-state index contributed by atoms with van der Waals surface area (Å²) in [5, 5.41) is 6.15. The summed E-state index contributed by atoms with van der Waals surface area (Å²) in [5.74, 6) is 1.09. The molecule has 1 atom stereocenters. The number of anilines is 2. The molecule has 2 N–H and O–H groups in total. The van der Waals surface area contributed by atoms with Crippen molar-refractivity contribution in [2.75, 3.05) is 29.9 Å². The van der Waals surface area contributed by atoms with Crippen LogP contribution >= 0.6 is 11.6 Å². The van der Waals surface area contributed by atoms with Crippen molar-refractivity contribution in [2.24, 2.45) is 0 Å². The van der Waals surface area contributed by atoms with E-state index in [0.717, 1.165) is 19.5 Å². The summed E-state index contributed by atoms with van der Waals surface area (Å²) in [6.45, 7) is 6.25. The first-order valence-electron chi connectivity index (χ1n) is 6.82. The van der Waals surface area contributed by atoms with E-state index in [1.807, 2.05) is 18.7 Å². The third-order valence-electron chi connectivity index (χ3n) is 3.23. The number of rotatable bonds is 6. The van der Waals surface area contributed by atoms with Crippen LogP contribution in [0.25, 0.3) is 0 Å². The summed E-state index contributed by atoms with van der Waals surface area (Å²) in [6, 6.07) is 0.120. The van der Waals surface area contributed by atoms with Crippen LogP contribution in [-0.2, 0) is 4.79 Å². The SMILES string of the molecule is CCN(CC)c1nc(Cl)nc(NCC2CCC(=O)N2)n1. The monoisotopic (exact) mass is 298 g/mol. The first-order valence-corrected chi connectivity index (χ1v) is 7.20. The van der Waals surface area contributed by atoms with Crippen LogP contribution in [0.5, 0.6) is 0 Å². The van der Waals surface area contributed by atoms with E-state index in [4.69, 9.17) is 11.6 Å². The van der Waals surface area contributed by atoms with Crippen molar-refractivity contribution in [3.8, 4) is 0 Å². The third-order valence-corrected chi connectivity index (χ3v) is 3.40. The number of aromatic nitrogens is 3. The van der Waals surface area contributed by atoms with Crippen LogP contribution in [-0.4, -0.2) is 46.5 Å². The summed E-state index contributed by atoms with van der Waals surface area (Å²) in [7, 11) is 0. The molecule has 0 spiro atoms. The number of hydrogen-bond donors (Lipinski definition) is 2. The molecule has 0 radical (unpaired) electrons. The van der Waals surface area contributed by atoms with Gasteiger partial charge < -0.3 is 15.5 Å². The Morgan fingerprint density at radius 1 is 1.35 bits per heavy atom. The van der Waals surface area contributed by atoms with Gasteiger partial charge in [0, 0.05) is 32.1 Å². The van der Waals surface area contributed by atoms with Gasteiger partial charge in [0.05, 0.1) is 0 Å². The fraction of sp³-hybridized carbons (Fsp3) is 0.667. The topological polar surface area (TPSA) is 83.0 Å². The minimum atomic E-state index is 0.0920. The summed E-state index contributed by atoms with van der Waals surface area (Å²) in [6.07, 6.45) is 1.41. The largest absolute Gasteiger partial charge is 0.352 e. The van der Waals surface area contributed by atoms with E-state index in [1.54, 1.807) is 0 Å². The molecule has 1 amide bonds. The molecule has 1 aliphatic heterocycles. The van der Waals surface area contributed by atoms with Gasteiger partial charge in [0.25, 0.3) is 0 Å². The number of nitrogens with one attached hydrogen (secondary N) is 2. The number of amides is 1. The highest BCUT2D eigenvalue weighted by Crippen LogP contribution is 2.14. The van der Waals surface area contributed by atoms with Gasteiger partial charge in [-0.2, -0.15) is 15.0 Å². The highest BCUT2D eigenvalue weighted by molar-refractivity contribution is 6.28. The van der Waals surface area contributed by atoms with E-state index in [9.17, 15) is 4.79 Å². The highest BCUT2D eigenvalue weighted by atomic mass is 35.5. The van der Waals surface area contributed by atoms with Gasteiger partial charge in [0.1, 0.15) is 0 Å². The van der Waals surface area contributed by atoms with Gasteiger partial charge in [-0.05, 0) is 31.9 Å². The Kier molecular flexibility index (Phi) is 4.94. The molecule has 1 unspecified atom stereocenters. The summed E-state index contributed by atoms with van der Waals surface area (Å²) in [4.78, 5) is 25.7. The van der Waals surface area contributed by atoms with E-state index in [1.165, 1.54) is 0 Å². The Hall–Kier alpha value is -1.63. The van der Waals surface area contributed by atoms with Gasteiger partial charge in [-0.15, -0.1) is 0 Å². The molecule has 1 aromatic heterocycles. The second-order valence-corrected chi connectivity index (χ2v) is 4.92. The maximum atomic E-state index is 11.1. The number of carbonyl (C=O) groups excluding carboxylic acids is 1. The van der Waals surface area contributed by atoms with Gasteiger partial charge in [-0.25, -0.2) is 0 Å². The van der Waals surface area contributed by atoms with Crippen LogP contribution in [0.2, 0.25) is 5.28 Å². The van der Waals surface area contributed by atoms with E-state index >= 15 is 0 Å². The Morgan fingerprint density at radius 2 is 2.10 bits per heavy atom. The van der Waals surface area contributed by atoms with Gasteiger partial charge in [-0.3, -0.25) is 4.79 Å². The molecule has 1 aromatic rings. The zero-order chi connectivity index (χ0) is 14.5. The van der Waals surface area contributed by atoms with Crippen molar-refractivity contribution in [2.45, 2.75) is 32.7 Å². The first-order chi connectivity index (χ1) is 9.62. The van der Waals surface area contributed by atoms with E-state index < -0.39 is 0 Å². The van der Waals surface area contributed by atoms with Gasteiger partial charge in [0.2, 0.25) is 23.1 Å². The second-order valence-electron chi connectivity index (χ2n) is 4.58. The summed E-state index contributed by atoms with van der Waals surface area (Å²) in [5.41, 5.74) is 0. The standard InChI is InChI=1S/C12H19ClN6O/c1-3-19(4-2)12-17-10(13)16-11(18-12)14-7-8-5-6-9(20)15-8/h8H,3-7H2,1-2H3,(H,15,20)(H,14,16,17,18). The molecule has 1 fully saturated rings. The number of carbonyl (C=O) groups is 1. The van der Waals surface area contributed by atoms with Crippen LogP contribution in [0.3, 0.4) is 0 Å². The van der Waals surface area contributed by atoms with Crippen molar-refractivity contribution in [3.05, 3.63) is 5.28 Å². The number of halogens is 1. The predicted octanol–water partition coefficient (Wildman–Crippen LogP) is 1.06. The third kappa shape index (κ3) is 3.69. The molecule has 1 aliphatic rings. The van der Waals surface area contributed by atoms with E-state index in [2.05, 4.69) is 25.6 Å². The molecule has 2 rings (SSSR count). The molecule has 8 heteroatoms. The quantitative estimate of drug-likeness (QED) is 0.817. The van der Waals surface area contributed by atoms with Crippen LogP contribution in [0, 0.1) is 0 Å². The number of hydrogen-bond acceptors (Lipinski definition) is 6. The molecule has 0 bridgehead atoms. The molecule has 20 heavy (non-hydrogen) atoms. The lowest BCUT2D eigenvalue weighted by atomic mass is 10.2. The lowest BCUT2D eigenvalue weighted by Gasteiger charge is -2.19. The summed E-state index contributed by atoms with van der Waals surface area (Å²) < 4.78 is 0. The van der Waals surface area contributed by atoms with Crippen LogP contribution in [0.15, 0.2) is 0 Å². The van der Waals surface area contributed by atoms with E-state index in [-0.39, 0.29) is 17.2 Å². The summed E-state index contributed by atoms with van der Waals surface area (Å²) >= 11 is 5.93. The lowest BCUT2D eigenvalue weighted by molar-refractivity contribution is -0.119. The molecule has 0 saturated carbocycles. The van der Waals surface area contributed by atoms with Crippen molar-refractivity contribution in [3.63, 3.8) is 0 Å². The average Bonchev–Trinajstić information content (AvgIpc) is 2.83. The molecule has 2 heterocycles. The van der Waals surface area contributed by atoms with Gasteiger partial charge in [-0.1, -0.05) is 0 Å². The van der Waals surface area contributed by atoms with Crippen LogP contribution in [0.4, 0.5) is 11.9 Å². The maximum absolute atomic E-state index is 11.1. The second kappa shape index (κ2) is 6.69. The lowest BCUT2D eigenvalue weighted by Crippen LogP contribution is -2.32. The van der Waals surface area contributed by atoms with Crippen LogP contribution < -0.4 is 15.5 Å². The van der Waals surface area contributed by atoms with Gasteiger partial charge in [0.15, 0.2) is 0 Å². The van der Waals surface area contributed by atoms with Gasteiger partial charge >= 0.3 is 0 Å². The minimum absolute atomic E-state index is 0.0920. The highest BCUT2D eigenvalue weighted by Gasteiger charge is 2.20. The fourth-order valence-electron chi connectivity index (χ4n) is 2.11. The van der Waals surface area contributed by atoms with Crippen molar-refractivity contribution in [1.29, 1.82) is 0 Å². The smallest absolute Gasteiger partial charge is 0.231 e. The fourth-order valence-corrected chi connectivity index (χ4v) is 2.27. The molecular weight excluding hydrogens is 280 g/mol. The molecule has 0 aliphatic carbocycles. The van der Waals surface area contributed by atoms with E-state index in [0.29, 0.717) is 24.9 Å².